The van der Waals surface area contributed by atoms with Crippen LogP contribution in [0.4, 0.5) is 0 Å². The average Bonchev–Trinajstić information content (AvgIpc) is 3.09. The van der Waals surface area contributed by atoms with Gasteiger partial charge in [-0.25, -0.2) is 4.68 Å². The van der Waals surface area contributed by atoms with Crippen molar-refractivity contribution in [3.05, 3.63) is 71.8 Å². The predicted molar refractivity (Wildman–Crippen MR) is 94.0 cm³/mol. The molecule has 0 N–H and O–H groups in total. The van der Waals surface area contributed by atoms with Crippen LogP contribution in [0.3, 0.4) is 0 Å². The second-order valence-corrected chi connectivity index (χ2v) is 6.71. The van der Waals surface area contributed by atoms with Crippen LogP contribution in [0.25, 0.3) is 0 Å². The van der Waals surface area contributed by atoms with E-state index in [1.54, 1.807) is 4.68 Å². The van der Waals surface area contributed by atoms with Gasteiger partial charge in [-0.1, -0.05) is 72.4 Å². The highest BCUT2D eigenvalue weighted by Crippen LogP contribution is 2.37. The molecule has 1 heterocycles. The molecule has 6 heteroatoms. The van der Waals surface area contributed by atoms with Gasteiger partial charge in [0.05, 0.1) is 6.04 Å². The summed E-state index contributed by atoms with van der Waals surface area (Å²) in [6.45, 7) is 4.02. The molecular weight excluding hydrogens is 320 g/mol. The number of ketones is 1. The van der Waals surface area contributed by atoms with E-state index in [9.17, 15) is 4.79 Å². The van der Waals surface area contributed by atoms with E-state index in [-0.39, 0.29) is 11.8 Å². The topological polar surface area (TPSA) is 60.7 Å². The summed E-state index contributed by atoms with van der Waals surface area (Å²) in [5.74, 6) is 0.0464. The van der Waals surface area contributed by atoms with Crippen LogP contribution in [0, 0.1) is 0 Å². The fourth-order valence-electron chi connectivity index (χ4n) is 2.35. The Balaban J connectivity index is 1.97. The maximum atomic E-state index is 13.1. The fourth-order valence-corrected chi connectivity index (χ4v) is 3.53. The smallest absolute Gasteiger partial charge is 0.210 e. The van der Waals surface area contributed by atoms with Gasteiger partial charge < -0.3 is 0 Å². The van der Waals surface area contributed by atoms with Gasteiger partial charge in [0.15, 0.2) is 5.78 Å². The van der Waals surface area contributed by atoms with Gasteiger partial charge in [-0.3, -0.25) is 4.79 Å². The number of hydrogen-bond donors (Lipinski definition) is 0. The first-order valence-electron chi connectivity index (χ1n) is 7.75. The number of aromatic nitrogens is 4. The Bertz CT molecular complexity index is 802. The molecule has 1 atom stereocenters. The van der Waals surface area contributed by atoms with Gasteiger partial charge in [0.25, 0.3) is 0 Å². The number of benzene rings is 2. The second-order valence-electron chi connectivity index (χ2n) is 5.64. The van der Waals surface area contributed by atoms with Gasteiger partial charge in [-0.15, -0.1) is 5.10 Å². The summed E-state index contributed by atoms with van der Waals surface area (Å²) in [5, 5.41) is 12.1. The number of rotatable bonds is 6. The van der Waals surface area contributed by atoms with Gasteiger partial charge in [0.2, 0.25) is 5.16 Å². The van der Waals surface area contributed by atoms with Crippen LogP contribution in [-0.2, 0) is 0 Å². The molecule has 0 aliphatic carbocycles. The van der Waals surface area contributed by atoms with Crippen LogP contribution in [0.15, 0.2) is 65.8 Å². The number of carbonyl (C=O) groups is 1. The van der Waals surface area contributed by atoms with Gasteiger partial charge in [-0.05, 0) is 29.8 Å². The molecule has 0 spiro atoms. The summed E-state index contributed by atoms with van der Waals surface area (Å²) in [5.41, 5.74) is 1.62. The van der Waals surface area contributed by atoms with Crippen molar-refractivity contribution in [2.45, 2.75) is 30.3 Å². The van der Waals surface area contributed by atoms with Crippen molar-refractivity contribution in [2.24, 2.45) is 0 Å². The molecule has 0 saturated carbocycles. The van der Waals surface area contributed by atoms with Crippen molar-refractivity contribution in [3.63, 3.8) is 0 Å². The molecule has 0 saturated heterocycles. The minimum Gasteiger partial charge on any atom is -0.293 e. The van der Waals surface area contributed by atoms with E-state index in [0.717, 1.165) is 5.56 Å². The van der Waals surface area contributed by atoms with Crippen molar-refractivity contribution < 1.29 is 4.79 Å². The summed E-state index contributed by atoms with van der Waals surface area (Å²) in [7, 11) is 0. The van der Waals surface area contributed by atoms with Crippen molar-refractivity contribution in [1.82, 2.24) is 20.2 Å². The first kappa shape index (κ1) is 16.4. The van der Waals surface area contributed by atoms with Crippen LogP contribution in [0.2, 0.25) is 0 Å². The number of carbonyl (C=O) groups excluding carboxylic acids is 1. The molecule has 0 amide bonds. The standard InChI is InChI=1S/C18H18N4OS/c1-13(2)22-18(19-20-21-22)24-17(15-11-7-4-8-12-15)16(23)14-9-5-3-6-10-14/h3-13,17H,1-2H3. The largest absolute Gasteiger partial charge is 0.293 e. The number of thioether (sulfide) groups is 1. The quantitative estimate of drug-likeness (QED) is 0.503. The number of nitrogens with zero attached hydrogens (tertiary/aromatic N) is 4. The van der Waals surface area contributed by atoms with Gasteiger partial charge in [-0.2, -0.15) is 0 Å². The van der Waals surface area contributed by atoms with E-state index < -0.39 is 5.25 Å². The van der Waals surface area contributed by atoms with E-state index in [0.29, 0.717) is 10.7 Å². The molecule has 122 valence electrons. The summed E-state index contributed by atoms with van der Waals surface area (Å²) >= 11 is 1.38. The number of Topliss-reactive ketones (excluding diaryl/α,β-unsaturated/α-hetero) is 1. The summed E-state index contributed by atoms with van der Waals surface area (Å²) in [4.78, 5) is 13.1. The summed E-state index contributed by atoms with van der Waals surface area (Å²) in [6.07, 6.45) is 0. The maximum absolute atomic E-state index is 13.1. The molecule has 2 aromatic carbocycles. The van der Waals surface area contributed by atoms with E-state index >= 15 is 0 Å². The highest BCUT2D eigenvalue weighted by molar-refractivity contribution is 8.00. The third kappa shape index (κ3) is 3.54. The average molecular weight is 338 g/mol. The first-order chi connectivity index (χ1) is 11.7. The Hall–Kier alpha value is -2.47. The van der Waals surface area contributed by atoms with Crippen molar-refractivity contribution in [3.8, 4) is 0 Å². The normalized spacial score (nSPS) is 12.3. The Kier molecular flexibility index (Phi) is 5.05. The molecule has 0 aliphatic heterocycles. The van der Waals surface area contributed by atoms with E-state index in [4.69, 9.17) is 0 Å². The summed E-state index contributed by atoms with van der Waals surface area (Å²) in [6, 6.07) is 19.2. The zero-order valence-corrected chi connectivity index (χ0v) is 14.4. The molecule has 1 aromatic heterocycles. The Morgan fingerprint density at radius 1 is 1.00 bits per heavy atom. The van der Waals surface area contributed by atoms with Crippen molar-refractivity contribution in [2.75, 3.05) is 0 Å². The lowest BCUT2D eigenvalue weighted by molar-refractivity contribution is 0.0989. The molecule has 0 radical (unpaired) electrons. The molecule has 0 bridgehead atoms. The Morgan fingerprint density at radius 3 is 2.25 bits per heavy atom. The van der Waals surface area contributed by atoms with Crippen molar-refractivity contribution >= 4 is 17.5 Å². The molecule has 5 nitrogen and oxygen atoms in total. The fraction of sp³-hybridized carbons (Fsp3) is 0.222. The van der Waals surface area contributed by atoms with Crippen molar-refractivity contribution in [1.29, 1.82) is 0 Å². The summed E-state index contributed by atoms with van der Waals surface area (Å²) < 4.78 is 1.74. The van der Waals surface area contributed by atoms with Crippen LogP contribution in [0.1, 0.15) is 41.1 Å². The van der Waals surface area contributed by atoms with Crippen LogP contribution >= 0.6 is 11.8 Å². The van der Waals surface area contributed by atoms with Crippen LogP contribution in [0.5, 0.6) is 0 Å². The third-order valence-electron chi connectivity index (χ3n) is 3.57. The lowest BCUT2D eigenvalue weighted by atomic mass is 10.0. The lowest BCUT2D eigenvalue weighted by Gasteiger charge is -2.16. The monoisotopic (exact) mass is 338 g/mol. The zero-order valence-electron chi connectivity index (χ0n) is 13.5. The minimum atomic E-state index is -0.392. The first-order valence-corrected chi connectivity index (χ1v) is 8.63. The van der Waals surface area contributed by atoms with E-state index in [1.807, 2.05) is 74.5 Å². The highest BCUT2D eigenvalue weighted by atomic mass is 32.2. The molecule has 0 fully saturated rings. The third-order valence-corrected chi connectivity index (χ3v) is 4.78. The Labute approximate surface area is 145 Å². The van der Waals surface area contributed by atoms with E-state index in [2.05, 4.69) is 15.5 Å². The lowest BCUT2D eigenvalue weighted by Crippen LogP contribution is -2.12. The zero-order chi connectivity index (χ0) is 16.9. The number of tetrazole rings is 1. The Morgan fingerprint density at radius 2 is 1.62 bits per heavy atom. The van der Waals surface area contributed by atoms with Crippen LogP contribution < -0.4 is 0 Å². The molecule has 0 aliphatic rings. The minimum absolute atomic E-state index is 0.0464. The van der Waals surface area contributed by atoms with Crippen LogP contribution in [-0.4, -0.2) is 26.0 Å². The highest BCUT2D eigenvalue weighted by Gasteiger charge is 2.26. The van der Waals surface area contributed by atoms with E-state index in [1.165, 1.54) is 11.8 Å². The molecule has 1 unspecified atom stereocenters. The molecule has 24 heavy (non-hydrogen) atoms. The molecular formula is C18H18N4OS. The van der Waals surface area contributed by atoms with Gasteiger partial charge in [0.1, 0.15) is 5.25 Å². The van der Waals surface area contributed by atoms with Gasteiger partial charge >= 0.3 is 0 Å². The SMILES string of the molecule is CC(C)n1nnnc1SC(C(=O)c1ccccc1)c1ccccc1. The number of hydrogen-bond acceptors (Lipinski definition) is 5. The van der Waals surface area contributed by atoms with Gasteiger partial charge in [0, 0.05) is 5.56 Å². The predicted octanol–water partition coefficient (Wildman–Crippen LogP) is 3.97. The molecule has 3 aromatic rings. The molecule has 3 rings (SSSR count). The second kappa shape index (κ2) is 7.40. The maximum Gasteiger partial charge on any atom is 0.210 e.